The Kier molecular flexibility index (Phi) is 4.71. The maximum absolute atomic E-state index is 11.9. The Morgan fingerprint density at radius 1 is 1.15 bits per heavy atom. The lowest BCUT2D eigenvalue weighted by molar-refractivity contribution is 0.0469. The van der Waals surface area contributed by atoms with E-state index in [4.69, 9.17) is 27.9 Å². The van der Waals surface area contributed by atoms with Crippen LogP contribution >= 0.6 is 23.2 Å². The van der Waals surface area contributed by atoms with Crippen LogP contribution in [0, 0.1) is 0 Å². The number of ether oxygens (including phenoxy) is 1. The molecule has 102 valence electrons. The van der Waals surface area contributed by atoms with Gasteiger partial charge in [-0.05, 0) is 30.3 Å². The number of esters is 1. The second-order valence-corrected chi connectivity index (χ2v) is 4.68. The van der Waals surface area contributed by atoms with Crippen LogP contribution in [0.3, 0.4) is 0 Å². The number of hydrogen-bond acceptors (Lipinski definition) is 4. The Bertz CT molecular complexity index is 644. The third-order valence-corrected chi connectivity index (χ3v) is 3.00. The van der Waals surface area contributed by atoms with Crippen LogP contribution in [0.4, 0.5) is 0 Å². The Labute approximate surface area is 125 Å². The van der Waals surface area contributed by atoms with Crippen molar-refractivity contribution in [2.75, 3.05) is 6.61 Å². The lowest BCUT2D eigenvalue weighted by Gasteiger charge is -2.05. The first-order chi connectivity index (χ1) is 9.58. The van der Waals surface area contributed by atoms with Crippen molar-refractivity contribution < 1.29 is 14.3 Å². The highest BCUT2D eigenvalue weighted by Gasteiger charge is 2.15. The number of nitrogens with zero attached hydrogens (tertiary/aromatic N) is 1. The third kappa shape index (κ3) is 3.56. The Balaban J connectivity index is 2.02. The van der Waals surface area contributed by atoms with E-state index in [1.165, 1.54) is 24.4 Å². The fraction of sp³-hybridized carbons (Fsp3) is 0.0714. The van der Waals surface area contributed by atoms with Crippen molar-refractivity contribution in [2.24, 2.45) is 0 Å². The van der Waals surface area contributed by atoms with Crippen molar-refractivity contribution in [1.82, 2.24) is 4.98 Å². The molecule has 2 rings (SSSR count). The molecule has 0 amide bonds. The molecule has 0 aliphatic rings. The first-order valence-electron chi connectivity index (χ1n) is 5.64. The number of Topliss-reactive ketones (excluding diaryl/α,β-unsaturated/α-hetero) is 1. The van der Waals surface area contributed by atoms with Gasteiger partial charge in [-0.25, -0.2) is 9.78 Å². The first kappa shape index (κ1) is 14.5. The van der Waals surface area contributed by atoms with Crippen LogP contribution in [0.2, 0.25) is 10.0 Å². The fourth-order valence-corrected chi connectivity index (χ4v) is 1.87. The van der Waals surface area contributed by atoms with Gasteiger partial charge in [-0.15, -0.1) is 0 Å². The van der Waals surface area contributed by atoms with Crippen LogP contribution in [0.1, 0.15) is 20.8 Å². The summed E-state index contributed by atoms with van der Waals surface area (Å²) in [6, 6.07) is 9.34. The van der Waals surface area contributed by atoms with E-state index in [1.807, 2.05) is 0 Å². The molecule has 0 unspecified atom stereocenters. The maximum atomic E-state index is 11.9. The van der Waals surface area contributed by atoms with Gasteiger partial charge >= 0.3 is 5.97 Å². The number of aromatic nitrogens is 1. The van der Waals surface area contributed by atoms with E-state index in [0.29, 0.717) is 5.02 Å². The molecule has 0 radical (unpaired) electrons. The summed E-state index contributed by atoms with van der Waals surface area (Å²) >= 11 is 11.7. The third-order valence-electron chi connectivity index (χ3n) is 2.44. The van der Waals surface area contributed by atoms with Gasteiger partial charge < -0.3 is 4.74 Å². The van der Waals surface area contributed by atoms with Crippen molar-refractivity contribution in [3.8, 4) is 0 Å². The van der Waals surface area contributed by atoms with Crippen molar-refractivity contribution >= 4 is 35.0 Å². The normalized spacial score (nSPS) is 10.1. The van der Waals surface area contributed by atoms with Crippen molar-refractivity contribution in [2.45, 2.75) is 0 Å². The average Bonchev–Trinajstić information content (AvgIpc) is 2.47. The maximum Gasteiger partial charge on any atom is 0.357 e. The molecule has 0 aliphatic carbocycles. The summed E-state index contributed by atoms with van der Waals surface area (Å²) in [6.45, 7) is -0.421. The largest absolute Gasteiger partial charge is 0.453 e. The molecular weight excluding hydrogens is 301 g/mol. The quantitative estimate of drug-likeness (QED) is 0.641. The van der Waals surface area contributed by atoms with Crippen LogP contribution in [-0.4, -0.2) is 23.3 Å². The number of pyridine rings is 1. The summed E-state index contributed by atoms with van der Waals surface area (Å²) in [5.74, 6) is -1.10. The van der Waals surface area contributed by atoms with E-state index in [-0.39, 0.29) is 16.3 Å². The fourth-order valence-electron chi connectivity index (χ4n) is 1.48. The SMILES string of the molecule is O=C(OCC(=O)c1cc(Cl)ccc1Cl)c1ccccn1. The van der Waals surface area contributed by atoms with Gasteiger partial charge in [-0.3, -0.25) is 4.79 Å². The number of halogens is 2. The van der Waals surface area contributed by atoms with Gasteiger partial charge in [0, 0.05) is 16.8 Å². The second-order valence-electron chi connectivity index (χ2n) is 3.84. The summed E-state index contributed by atoms with van der Waals surface area (Å²) in [6.07, 6.45) is 1.46. The molecule has 0 fully saturated rings. The monoisotopic (exact) mass is 309 g/mol. The summed E-state index contributed by atoms with van der Waals surface area (Å²) in [7, 11) is 0. The lowest BCUT2D eigenvalue weighted by atomic mass is 10.1. The summed E-state index contributed by atoms with van der Waals surface area (Å²) in [5, 5.41) is 0.641. The zero-order valence-electron chi connectivity index (χ0n) is 10.2. The van der Waals surface area contributed by atoms with E-state index in [0.717, 1.165) is 0 Å². The summed E-state index contributed by atoms with van der Waals surface area (Å²) in [5.41, 5.74) is 0.352. The highest BCUT2D eigenvalue weighted by molar-refractivity contribution is 6.36. The highest BCUT2D eigenvalue weighted by atomic mass is 35.5. The molecule has 1 aromatic carbocycles. The zero-order valence-corrected chi connectivity index (χ0v) is 11.7. The van der Waals surface area contributed by atoms with Crippen LogP contribution in [0.15, 0.2) is 42.6 Å². The molecule has 20 heavy (non-hydrogen) atoms. The van der Waals surface area contributed by atoms with E-state index in [9.17, 15) is 9.59 Å². The number of rotatable bonds is 4. The Hall–Kier alpha value is -1.91. The van der Waals surface area contributed by atoms with Gasteiger partial charge in [0.05, 0.1) is 5.02 Å². The van der Waals surface area contributed by atoms with Crippen LogP contribution in [0.5, 0.6) is 0 Å². The molecule has 1 heterocycles. The van der Waals surface area contributed by atoms with Gasteiger partial charge in [0.1, 0.15) is 5.69 Å². The predicted octanol–water partition coefficient (Wildman–Crippen LogP) is 3.43. The molecule has 0 bridgehead atoms. The van der Waals surface area contributed by atoms with Crippen molar-refractivity contribution in [3.05, 3.63) is 63.9 Å². The molecule has 6 heteroatoms. The topological polar surface area (TPSA) is 56.3 Å². The van der Waals surface area contributed by atoms with Crippen LogP contribution < -0.4 is 0 Å². The smallest absolute Gasteiger partial charge is 0.357 e. The molecule has 0 spiro atoms. The average molecular weight is 310 g/mol. The second kappa shape index (κ2) is 6.50. The number of benzene rings is 1. The molecule has 2 aromatic rings. The van der Waals surface area contributed by atoms with Gasteiger partial charge in [0.25, 0.3) is 0 Å². The number of ketones is 1. The van der Waals surface area contributed by atoms with Gasteiger partial charge in [0.2, 0.25) is 5.78 Å². The Morgan fingerprint density at radius 2 is 1.95 bits per heavy atom. The van der Waals surface area contributed by atoms with E-state index < -0.39 is 18.4 Å². The van der Waals surface area contributed by atoms with E-state index >= 15 is 0 Å². The number of carbonyl (C=O) groups is 2. The summed E-state index contributed by atoms with van der Waals surface area (Å²) < 4.78 is 4.89. The Morgan fingerprint density at radius 3 is 2.65 bits per heavy atom. The minimum Gasteiger partial charge on any atom is -0.453 e. The minimum atomic E-state index is -0.669. The first-order valence-corrected chi connectivity index (χ1v) is 6.40. The van der Waals surface area contributed by atoms with Crippen LogP contribution in [-0.2, 0) is 4.74 Å². The van der Waals surface area contributed by atoms with Crippen molar-refractivity contribution in [3.63, 3.8) is 0 Å². The summed E-state index contributed by atoms with van der Waals surface area (Å²) in [4.78, 5) is 27.4. The number of hydrogen-bond donors (Lipinski definition) is 0. The van der Waals surface area contributed by atoms with E-state index in [2.05, 4.69) is 4.98 Å². The molecule has 1 aromatic heterocycles. The molecule has 0 saturated carbocycles. The molecular formula is C14H9Cl2NO3. The van der Waals surface area contributed by atoms with E-state index in [1.54, 1.807) is 18.2 Å². The van der Waals surface area contributed by atoms with Crippen LogP contribution in [0.25, 0.3) is 0 Å². The minimum absolute atomic E-state index is 0.137. The molecule has 0 saturated heterocycles. The zero-order chi connectivity index (χ0) is 14.5. The van der Waals surface area contributed by atoms with Gasteiger partial charge in [-0.1, -0.05) is 29.3 Å². The van der Waals surface area contributed by atoms with Gasteiger partial charge in [-0.2, -0.15) is 0 Å². The molecule has 0 aliphatic heterocycles. The lowest BCUT2D eigenvalue weighted by Crippen LogP contribution is -2.15. The molecule has 0 N–H and O–H groups in total. The molecule has 4 nitrogen and oxygen atoms in total. The molecule has 0 atom stereocenters. The number of carbonyl (C=O) groups excluding carboxylic acids is 2. The predicted molar refractivity (Wildman–Crippen MR) is 75.3 cm³/mol. The standard InChI is InChI=1S/C14H9Cl2NO3/c15-9-4-5-11(16)10(7-9)13(18)8-20-14(19)12-3-1-2-6-17-12/h1-7H,8H2. The highest BCUT2D eigenvalue weighted by Crippen LogP contribution is 2.21. The van der Waals surface area contributed by atoms with Crippen molar-refractivity contribution in [1.29, 1.82) is 0 Å². The van der Waals surface area contributed by atoms with Gasteiger partial charge in [0.15, 0.2) is 6.61 Å².